The zero-order chi connectivity index (χ0) is 27.2. The molecule has 2 amide bonds. The molecule has 0 spiro atoms. The van der Waals surface area contributed by atoms with Gasteiger partial charge >= 0.3 is 6.18 Å². The minimum atomic E-state index is -4.55. The predicted octanol–water partition coefficient (Wildman–Crippen LogP) is 4.78. The highest BCUT2D eigenvalue weighted by Crippen LogP contribution is 2.33. The SMILES string of the molecule is Cc1ccc(NC(=O)c2cnc(C(C)NC(=O)c3ncnc(C#CCCCO)c3Cl)s2)cc1C(F)(F)F. The standard InChI is InChI=1S/C24H21ClF3N5O3S/c1-13-7-8-15(10-16(13)24(26,27)28)33-21(35)18-11-29-23(37-18)14(2)32-22(36)20-19(25)17(30-12-31-20)6-4-3-5-9-34/h7-8,10-12,14,34H,3,5,9H2,1-2H3,(H,32,36)(H,33,35). The van der Waals surface area contributed by atoms with E-state index < -0.39 is 29.6 Å². The van der Waals surface area contributed by atoms with E-state index in [1.54, 1.807) is 6.92 Å². The largest absolute Gasteiger partial charge is 0.416 e. The van der Waals surface area contributed by atoms with Crippen LogP contribution in [0.5, 0.6) is 0 Å². The zero-order valence-corrected chi connectivity index (χ0v) is 21.2. The first kappa shape index (κ1) is 28.0. The Morgan fingerprint density at radius 2 is 1.97 bits per heavy atom. The predicted molar refractivity (Wildman–Crippen MR) is 132 cm³/mol. The first-order valence-corrected chi connectivity index (χ1v) is 12.1. The van der Waals surface area contributed by atoms with Gasteiger partial charge in [-0.15, -0.1) is 11.3 Å². The molecule has 0 saturated carbocycles. The Kier molecular flexibility index (Phi) is 9.20. The van der Waals surface area contributed by atoms with Gasteiger partial charge in [0.1, 0.15) is 26.9 Å². The van der Waals surface area contributed by atoms with Gasteiger partial charge in [0.2, 0.25) is 0 Å². The number of hydrogen-bond acceptors (Lipinski definition) is 7. The van der Waals surface area contributed by atoms with Gasteiger partial charge in [-0.25, -0.2) is 15.0 Å². The minimum absolute atomic E-state index is 0.00278. The molecule has 13 heteroatoms. The number of aliphatic hydroxyl groups is 1. The maximum Gasteiger partial charge on any atom is 0.416 e. The van der Waals surface area contributed by atoms with Crippen LogP contribution in [-0.2, 0) is 6.18 Å². The molecule has 0 aliphatic heterocycles. The van der Waals surface area contributed by atoms with Crippen LogP contribution in [0, 0.1) is 18.8 Å². The lowest BCUT2D eigenvalue weighted by atomic mass is 10.1. The fourth-order valence-electron chi connectivity index (χ4n) is 3.05. The summed E-state index contributed by atoms with van der Waals surface area (Å²) in [4.78, 5) is 37.5. The molecule has 0 bridgehead atoms. The van der Waals surface area contributed by atoms with Crippen molar-refractivity contribution in [3.63, 3.8) is 0 Å². The average molecular weight is 552 g/mol. The summed E-state index contributed by atoms with van der Waals surface area (Å²) in [5.41, 5.74) is -0.725. The fraction of sp³-hybridized carbons (Fsp3) is 0.292. The van der Waals surface area contributed by atoms with Gasteiger partial charge < -0.3 is 15.7 Å². The van der Waals surface area contributed by atoms with Crippen LogP contribution in [0.15, 0.2) is 30.7 Å². The molecular formula is C24H21ClF3N5O3S. The summed E-state index contributed by atoms with van der Waals surface area (Å²) >= 11 is 7.22. The maximum absolute atomic E-state index is 13.2. The summed E-state index contributed by atoms with van der Waals surface area (Å²) in [5.74, 6) is 4.29. The monoisotopic (exact) mass is 551 g/mol. The lowest BCUT2D eigenvalue weighted by Crippen LogP contribution is -2.28. The summed E-state index contributed by atoms with van der Waals surface area (Å²) in [6.07, 6.45) is -1.19. The number of benzene rings is 1. The van der Waals surface area contributed by atoms with Crippen LogP contribution >= 0.6 is 22.9 Å². The smallest absolute Gasteiger partial charge is 0.396 e. The maximum atomic E-state index is 13.2. The first-order valence-electron chi connectivity index (χ1n) is 10.9. The van der Waals surface area contributed by atoms with Crippen molar-refractivity contribution in [2.24, 2.45) is 0 Å². The molecule has 2 heterocycles. The third-order valence-corrected chi connectivity index (χ3v) is 6.47. The molecule has 0 radical (unpaired) electrons. The van der Waals surface area contributed by atoms with Gasteiger partial charge in [0.25, 0.3) is 11.8 Å². The Balaban J connectivity index is 1.68. The van der Waals surface area contributed by atoms with Crippen molar-refractivity contribution in [2.75, 3.05) is 11.9 Å². The third kappa shape index (κ3) is 7.25. The van der Waals surface area contributed by atoms with Gasteiger partial charge in [0.05, 0.1) is 17.8 Å². The molecule has 3 N–H and O–H groups in total. The van der Waals surface area contributed by atoms with E-state index in [0.717, 1.165) is 23.7 Å². The van der Waals surface area contributed by atoms with Crippen molar-refractivity contribution in [1.29, 1.82) is 0 Å². The van der Waals surface area contributed by atoms with Crippen molar-refractivity contribution in [3.8, 4) is 11.8 Å². The molecule has 37 heavy (non-hydrogen) atoms. The van der Waals surface area contributed by atoms with E-state index >= 15 is 0 Å². The number of aryl methyl sites for hydroxylation is 1. The van der Waals surface area contributed by atoms with E-state index in [0.29, 0.717) is 17.8 Å². The number of carbonyl (C=O) groups is 2. The topological polar surface area (TPSA) is 117 Å². The van der Waals surface area contributed by atoms with Crippen LogP contribution < -0.4 is 10.6 Å². The van der Waals surface area contributed by atoms with Crippen LogP contribution in [0.4, 0.5) is 18.9 Å². The lowest BCUT2D eigenvalue weighted by molar-refractivity contribution is -0.138. The van der Waals surface area contributed by atoms with E-state index in [-0.39, 0.29) is 39.1 Å². The van der Waals surface area contributed by atoms with Crippen LogP contribution in [-0.4, -0.2) is 38.5 Å². The second kappa shape index (κ2) is 12.1. The molecule has 1 atom stereocenters. The normalized spacial score (nSPS) is 11.9. The second-order valence-electron chi connectivity index (χ2n) is 7.75. The van der Waals surface area contributed by atoms with E-state index in [1.807, 2.05) is 0 Å². The molecule has 1 unspecified atom stereocenters. The summed E-state index contributed by atoms with van der Waals surface area (Å²) < 4.78 is 39.5. The Bertz CT molecular complexity index is 1370. The molecule has 0 aliphatic carbocycles. The number of aromatic nitrogens is 3. The Labute approximate surface area is 219 Å². The van der Waals surface area contributed by atoms with Gasteiger partial charge in [-0.1, -0.05) is 23.6 Å². The fourth-order valence-corrected chi connectivity index (χ4v) is 4.09. The summed E-state index contributed by atoms with van der Waals surface area (Å²) in [7, 11) is 0. The lowest BCUT2D eigenvalue weighted by Gasteiger charge is -2.12. The van der Waals surface area contributed by atoms with Crippen molar-refractivity contribution in [2.45, 2.75) is 38.9 Å². The molecule has 8 nitrogen and oxygen atoms in total. The first-order chi connectivity index (χ1) is 17.5. The van der Waals surface area contributed by atoms with Gasteiger partial charge in [-0.2, -0.15) is 13.2 Å². The average Bonchev–Trinajstić information content (AvgIpc) is 3.34. The van der Waals surface area contributed by atoms with Crippen molar-refractivity contribution >= 4 is 40.4 Å². The zero-order valence-electron chi connectivity index (χ0n) is 19.6. The molecule has 3 aromatic rings. The highest BCUT2D eigenvalue weighted by molar-refractivity contribution is 7.13. The van der Waals surface area contributed by atoms with Crippen LogP contribution in [0.1, 0.15) is 67.8 Å². The third-order valence-electron chi connectivity index (χ3n) is 4.94. The molecule has 2 aromatic heterocycles. The number of carbonyl (C=O) groups excluding carboxylic acids is 2. The second-order valence-corrected chi connectivity index (χ2v) is 9.19. The number of unbranched alkanes of at least 4 members (excludes halogenated alkanes) is 1. The summed E-state index contributed by atoms with van der Waals surface area (Å²) in [5, 5.41) is 14.3. The number of rotatable bonds is 7. The van der Waals surface area contributed by atoms with Crippen molar-refractivity contribution in [1.82, 2.24) is 20.3 Å². The Morgan fingerprint density at radius 1 is 1.22 bits per heavy atom. The van der Waals surface area contributed by atoms with E-state index in [4.69, 9.17) is 16.7 Å². The molecule has 1 aromatic carbocycles. The number of anilines is 1. The van der Waals surface area contributed by atoms with Gasteiger partial charge in [-0.3, -0.25) is 9.59 Å². The minimum Gasteiger partial charge on any atom is -0.396 e. The highest BCUT2D eigenvalue weighted by atomic mass is 35.5. The van der Waals surface area contributed by atoms with E-state index in [9.17, 15) is 22.8 Å². The number of alkyl halides is 3. The number of amides is 2. The molecule has 3 rings (SSSR count). The highest BCUT2D eigenvalue weighted by Gasteiger charge is 2.32. The summed E-state index contributed by atoms with van der Waals surface area (Å²) in [6.45, 7) is 2.98. The molecule has 0 fully saturated rings. The number of aliphatic hydroxyl groups excluding tert-OH is 1. The van der Waals surface area contributed by atoms with E-state index in [1.165, 1.54) is 25.3 Å². The van der Waals surface area contributed by atoms with Gasteiger partial charge in [0.15, 0.2) is 5.69 Å². The van der Waals surface area contributed by atoms with Gasteiger partial charge in [0, 0.05) is 18.7 Å². The van der Waals surface area contributed by atoms with Crippen LogP contribution in [0.2, 0.25) is 5.02 Å². The van der Waals surface area contributed by atoms with Gasteiger partial charge in [-0.05, 0) is 43.9 Å². The van der Waals surface area contributed by atoms with Crippen molar-refractivity contribution < 1.29 is 27.9 Å². The number of halogens is 4. The number of nitrogens with one attached hydrogen (secondary N) is 2. The van der Waals surface area contributed by atoms with Crippen LogP contribution in [0.3, 0.4) is 0 Å². The number of nitrogens with zero attached hydrogens (tertiary/aromatic N) is 3. The molecule has 194 valence electrons. The summed E-state index contributed by atoms with van der Waals surface area (Å²) in [6, 6.07) is 2.89. The molecule has 0 saturated heterocycles. The molecular weight excluding hydrogens is 531 g/mol. The molecule has 0 aliphatic rings. The van der Waals surface area contributed by atoms with Crippen molar-refractivity contribution in [3.05, 3.63) is 68.1 Å². The Hall–Kier alpha value is -3.53. The number of hydrogen-bond donors (Lipinski definition) is 3. The van der Waals surface area contributed by atoms with E-state index in [2.05, 4.69) is 37.4 Å². The number of thiazole rings is 1. The van der Waals surface area contributed by atoms with Crippen LogP contribution in [0.25, 0.3) is 0 Å². The quantitative estimate of drug-likeness (QED) is 0.287. The Morgan fingerprint density at radius 3 is 2.68 bits per heavy atom.